The topological polar surface area (TPSA) is 103 Å². The molecule has 7 nitrogen and oxygen atoms in total. The fourth-order valence-corrected chi connectivity index (χ4v) is 7.80. The maximum atomic E-state index is 13.4. The largest absolute Gasteiger partial charge is 0.479 e. The van der Waals surface area contributed by atoms with Crippen LogP contribution in [0.4, 0.5) is 5.82 Å². The number of hydrogen-bond donors (Lipinski definition) is 3. The van der Waals surface area contributed by atoms with Crippen molar-refractivity contribution in [2.75, 3.05) is 23.7 Å². The molecule has 1 aliphatic heterocycles. The first kappa shape index (κ1) is 23.0. The monoisotopic (exact) mass is 473 g/mol. The number of rotatable bonds is 8. The summed E-state index contributed by atoms with van der Waals surface area (Å²) in [5.74, 6) is 3.15. The molecule has 1 unspecified atom stereocenters. The zero-order valence-electron chi connectivity index (χ0n) is 19.3. The molecule has 2 atom stereocenters. The third-order valence-electron chi connectivity index (χ3n) is 8.31. The first-order chi connectivity index (χ1) is 15.9. The summed E-state index contributed by atoms with van der Waals surface area (Å²) in [6.45, 7) is 3.22. The van der Waals surface area contributed by atoms with E-state index < -0.39 is 12.1 Å². The lowest BCUT2D eigenvalue weighted by Gasteiger charge is -2.54. The predicted octanol–water partition coefficient (Wildman–Crippen LogP) is 3.41. The molecule has 1 aromatic heterocycles. The predicted molar refractivity (Wildman–Crippen MR) is 128 cm³/mol. The van der Waals surface area contributed by atoms with E-state index >= 15 is 0 Å². The summed E-state index contributed by atoms with van der Waals surface area (Å²) in [6, 6.07) is 4.05. The lowest BCUT2D eigenvalue weighted by Crippen LogP contribution is -2.55. The number of pyridine rings is 1. The van der Waals surface area contributed by atoms with Crippen LogP contribution in [-0.2, 0) is 4.79 Å². The fourth-order valence-electron chi connectivity index (χ4n) is 6.93. The van der Waals surface area contributed by atoms with E-state index in [-0.39, 0.29) is 11.8 Å². The summed E-state index contributed by atoms with van der Waals surface area (Å²) in [5, 5.41) is 23.2. The van der Waals surface area contributed by atoms with Gasteiger partial charge in [0.25, 0.3) is 5.91 Å². The van der Waals surface area contributed by atoms with Crippen molar-refractivity contribution in [1.82, 2.24) is 10.3 Å². The molecule has 4 bridgehead atoms. The Balaban J connectivity index is 1.31. The van der Waals surface area contributed by atoms with Gasteiger partial charge in [-0.1, -0.05) is 6.92 Å². The highest BCUT2D eigenvalue weighted by atomic mass is 32.2. The lowest BCUT2D eigenvalue weighted by molar-refractivity contribution is -0.149. The van der Waals surface area contributed by atoms with Crippen molar-refractivity contribution in [3.8, 4) is 0 Å². The minimum Gasteiger partial charge on any atom is -0.479 e. The van der Waals surface area contributed by atoms with Crippen LogP contribution in [0.3, 0.4) is 0 Å². The second-order valence-corrected chi connectivity index (χ2v) is 11.7. The third-order valence-corrected chi connectivity index (χ3v) is 9.50. The average Bonchev–Trinajstić information content (AvgIpc) is 3.29. The number of thioether (sulfide) groups is 1. The number of aromatic nitrogens is 1. The van der Waals surface area contributed by atoms with Crippen LogP contribution in [0.2, 0.25) is 0 Å². The minimum absolute atomic E-state index is 0.00859. The summed E-state index contributed by atoms with van der Waals surface area (Å²) in [4.78, 5) is 31.4. The molecule has 33 heavy (non-hydrogen) atoms. The molecule has 0 radical (unpaired) electrons. The van der Waals surface area contributed by atoms with Gasteiger partial charge in [-0.2, -0.15) is 0 Å². The van der Waals surface area contributed by atoms with Crippen LogP contribution in [0.15, 0.2) is 17.2 Å². The Morgan fingerprint density at radius 2 is 1.88 bits per heavy atom. The molecule has 1 aromatic rings. The van der Waals surface area contributed by atoms with Gasteiger partial charge >= 0.3 is 5.97 Å². The molecule has 180 valence electrons. The Labute approximate surface area is 199 Å². The normalized spacial score (nSPS) is 33.3. The zero-order chi connectivity index (χ0) is 23.1. The smallest absolute Gasteiger partial charge is 0.332 e. The molecule has 6 rings (SSSR count). The number of hydrogen-bond acceptors (Lipinski definition) is 6. The van der Waals surface area contributed by atoms with Gasteiger partial charge in [0.15, 0.2) is 6.10 Å². The molecule has 5 fully saturated rings. The highest BCUT2D eigenvalue weighted by molar-refractivity contribution is 7.99. The Bertz CT molecular complexity index is 882. The molecule has 4 saturated carbocycles. The molecule has 1 saturated heterocycles. The van der Waals surface area contributed by atoms with Crippen LogP contribution in [0.1, 0.15) is 62.2 Å². The number of aliphatic hydroxyl groups is 1. The number of carboxylic acids is 1. The Morgan fingerprint density at radius 1 is 1.18 bits per heavy atom. The van der Waals surface area contributed by atoms with Crippen LogP contribution in [0.5, 0.6) is 0 Å². The quantitative estimate of drug-likeness (QED) is 0.497. The second kappa shape index (κ2) is 9.45. The van der Waals surface area contributed by atoms with Crippen LogP contribution < -0.4 is 10.2 Å². The number of carbonyl (C=O) groups excluding carboxylic acids is 1. The van der Waals surface area contributed by atoms with E-state index in [1.54, 1.807) is 11.8 Å². The number of carbonyl (C=O) groups is 2. The van der Waals surface area contributed by atoms with Crippen molar-refractivity contribution in [1.29, 1.82) is 0 Å². The molecular formula is C25H35N3O4S. The molecule has 0 aromatic carbocycles. The summed E-state index contributed by atoms with van der Waals surface area (Å²) in [6.07, 6.45) is 6.73. The highest BCUT2D eigenvalue weighted by Crippen LogP contribution is 2.53. The summed E-state index contributed by atoms with van der Waals surface area (Å²) < 4.78 is 0. The van der Waals surface area contributed by atoms with Gasteiger partial charge in [0.1, 0.15) is 10.8 Å². The molecule has 8 heteroatoms. The van der Waals surface area contributed by atoms with Gasteiger partial charge in [-0.05, 0) is 86.5 Å². The fraction of sp³-hybridized carbons (Fsp3) is 0.720. The van der Waals surface area contributed by atoms with Gasteiger partial charge in [0.2, 0.25) is 0 Å². The Kier molecular flexibility index (Phi) is 6.58. The highest BCUT2D eigenvalue weighted by Gasteiger charge is 2.48. The van der Waals surface area contributed by atoms with Crippen LogP contribution in [0, 0.1) is 29.6 Å². The first-order valence-corrected chi connectivity index (χ1v) is 13.5. The number of nitrogens with one attached hydrogen (secondary N) is 1. The summed E-state index contributed by atoms with van der Waals surface area (Å²) in [7, 11) is 0. The minimum atomic E-state index is -1.35. The van der Waals surface area contributed by atoms with Gasteiger partial charge < -0.3 is 20.4 Å². The molecule has 4 aliphatic carbocycles. The van der Waals surface area contributed by atoms with E-state index in [0.29, 0.717) is 43.0 Å². The standard InChI is InChI=1S/C25H35N3O4S/c1-2-7-33-24-19(3-4-20(26-24)28-6-5-16(13-28)22(29)25(31)32)23(30)27-21-17-9-14-8-15(11-17)12-18(21)10-14/h3-4,14-18,21-22,29H,2,5-13H2,1H3,(H,27,30)(H,31,32)/t14?,15?,16-,17?,18?,21?,22?/m1/s1. The van der Waals surface area contributed by atoms with E-state index in [9.17, 15) is 14.7 Å². The van der Waals surface area contributed by atoms with Crippen LogP contribution in [-0.4, -0.2) is 58.1 Å². The van der Waals surface area contributed by atoms with Crippen molar-refractivity contribution >= 4 is 29.5 Å². The van der Waals surface area contributed by atoms with Crippen molar-refractivity contribution < 1.29 is 19.8 Å². The molecule has 3 N–H and O–H groups in total. The number of carboxylic acid groups (broad SMARTS) is 1. The third kappa shape index (κ3) is 4.61. The van der Waals surface area contributed by atoms with Gasteiger partial charge in [-0.3, -0.25) is 4.79 Å². The molecular weight excluding hydrogens is 438 g/mol. The average molecular weight is 474 g/mol. The van der Waals surface area contributed by atoms with Crippen molar-refractivity contribution in [2.24, 2.45) is 29.6 Å². The number of aliphatic hydroxyl groups excluding tert-OH is 1. The van der Waals surface area contributed by atoms with E-state index in [1.165, 1.54) is 32.1 Å². The SMILES string of the molecule is CCCSc1nc(N2CC[C@@H](C(O)C(=O)O)C2)ccc1C(=O)NC1C2CC3CC(C2)CC1C3. The van der Waals surface area contributed by atoms with Crippen LogP contribution >= 0.6 is 11.8 Å². The first-order valence-electron chi connectivity index (χ1n) is 12.5. The lowest BCUT2D eigenvalue weighted by atomic mass is 9.54. The second-order valence-electron chi connectivity index (χ2n) is 10.6. The summed E-state index contributed by atoms with van der Waals surface area (Å²) >= 11 is 1.61. The maximum Gasteiger partial charge on any atom is 0.332 e. The van der Waals surface area contributed by atoms with Gasteiger partial charge in [-0.15, -0.1) is 11.8 Å². The maximum absolute atomic E-state index is 13.4. The van der Waals surface area contributed by atoms with Crippen LogP contribution in [0.25, 0.3) is 0 Å². The molecule has 0 spiro atoms. The molecule has 5 aliphatic rings. The van der Waals surface area contributed by atoms with Crippen molar-refractivity contribution in [3.63, 3.8) is 0 Å². The Morgan fingerprint density at radius 3 is 2.52 bits per heavy atom. The number of aliphatic carboxylic acids is 1. The van der Waals surface area contributed by atoms with E-state index in [2.05, 4.69) is 12.2 Å². The number of anilines is 1. The van der Waals surface area contributed by atoms with E-state index in [1.807, 2.05) is 17.0 Å². The van der Waals surface area contributed by atoms with Crippen molar-refractivity contribution in [3.05, 3.63) is 17.7 Å². The van der Waals surface area contributed by atoms with Gasteiger partial charge in [0, 0.05) is 25.0 Å². The molecule has 1 amide bonds. The molecule has 2 heterocycles. The summed E-state index contributed by atoms with van der Waals surface area (Å²) in [5.41, 5.74) is 0.646. The number of nitrogens with zero attached hydrogens (tertiary/aromatic N) is 2. The van der Waals surface area contributed by atoms with Gasteiger partial charge in [-0.25, -0.2) is 9.78 Å². The zero-order valence-corrected chi connectivity index (χ0v) is 20.1. The van der Waals surface area contributed by atoms with Gasteiger partial charge in [0.05, 0.1) is 5.56 Å². The van der Waals surface area contributed by atoms with Crippen molar-refractivity contribution in [2.45, 2.75) is 69.0 Å². The van der Waals surface area contributed by atoms with E-state index in [0.717, 1.165) is 34.9 Å². The Hall–Kier alpha value is -1.80. The van der Waals surface area contributed by atoms with E-state index in [4.69, 9.17) is 10.1 Å². The number of amides is 1.